The summed E-state index contributed by atoms with van der Waals surface area (Å²) in [4.78, 5) is 0. The number of aromatic nitrogens is 4. The van der Waals surface area contributed by atoms with E-state index >= 15 is 0 Å². The van der Waals surface area contributed by atoms with Gasteiger partial charge in [-0.1, -0.05) is 12.1 Å². The fourth-order valence-electron chi connectivity index (χ4n) is 8.05. The molecule has 2 heterocycles. The van der Waals surface area contributed by atoms with Crippen molar-refractivity contribution in [2.45, 2.75) is 103 Å². The molecular formula is C47H56N6O8S. The topological polar surface area (TPSA) is 209 Å². The average Bonchev–Trinajstić information content (AvgIpc) is 3.93. The Bertz CT molecular complexity index is 2660. The second kappa shape index (κ2) is 18.1. The molecule has 0 spiro atoms. The van der Waals surface area contributed by atoms with E-state index in [1.165, 1.54) is 5.56 Å². The van der Waals surface area contributed by atoms with Gasteiger partial charge < -0.3 is 34.3 Å². The number of nitrogens with zero attached hydrogens (tertiary/aromatic N) is 4. The first-order chi connectivity index (χ1) is 29.4. The lowest BCUT2D eigenvalue weighted by Crippen LogP contribution is -2.54. The monoisotopic (exact) mass is 864 g/mol. The van der Waals surface area contributed by atoms with Crippen LogP contribution in [-0.2, 0) is 35.7 Å². The van der Waals surface area contributed by atoms with Gasteiger partial charge in [0.25, 0.3) is 0 Å². The van der Waals surface area contributed by atoms with Gasteiger partial charge in [0, 0.05) is 27.8 Å². The molecule has 0 radical (unpaired) electrons. The van der Waals surface area contributed by atoms with Crippen LogP contribution >= 0.6 is 0 Å². The Hall–Kier alpha value is -5.45. The lowest BCUT2D eigenvalue weighted by Gasteiger charge is -2.36. The van der Waals surface area contributed by atoms with E-state index in [0.29, 0.717) is 49.2 Å². The van der Waals surface area contributed by atoms with E-state index in [4.69, 9.17) is 24.0 Å². The summed E-state index contributed by atoms with van der Waals surface area (Å²) in [6.07, 6.45) is 5.20. The van der Waals surface area contributed by atoms with Crippen LogP contribution in [0, 0.1) is 13.8 Å². The van der Waals surface area contributed by atoms with Crippen LogP contribution in [0.15, 0.2) is 81.6 Å². The lowest BCUT2D eigenvalue weighted by atomic mass is 9.78. The van der Waals surface area contributed by atoms with Gasteiger partial charge in [-0.25, -0.2) is 13.1 Å². The Morgan fingerprint density at radius 3 is 1.47 bits per heavy atom. The van der Waals surface area contributed by atoms with Gasteiger partial charge in [0.1, 0.15) is 11.5 Å². The van der Waals surface area contributed by atoms with E-state index in [2.05, 4.69) is 31.2 Å². The predicted molar refractivity (Wildman–Crippen MR) is 237 cm³/mol. The van der Waals surface area contributed by atoms with Crippen molar-refractivity contribution in [1.82, 2.24) is 25.1 Å². The molecule has 2 aliphatic rings. The normalized spacial score (nSPS) is 18.5. The molecule has 0 saturated carbocycles. The highest BCUT2D eigenvalue weighted by Crippen LogP contribution is 2.35. The zero-order valence-electron chi connectivity index (χ0n) is 36.4. The van der Waals surface area contributed by atoms with Crippen molar-refractivity contribution in [3.05, 3.63) is 106 Å². The number of ether oxygens (including phenoxy) is 2. The molecule has 0 amide bonds. The van der Waals surface area contributed by atoms with Crippen molar-refractivity contribution in [3.8, 4) is 57.3 Å². The number of aliphatic hydroxyl groups is 2. The van der Waals surface area contributed by atoms with E-state index in [-0.39, 0.29) is 25.4 Å². The lowest BCUT2D eigenvalue weighted by molar-refractivity contribution is 0.166. The molecule has 2 aromatic heterocycles. The Kier molecular flexibility index (Phi) is 13.0. The Morgan fingerprint density at radius 2 is 1.06 bits per heavy atom. The molecule has 6 aromatic rings. The van der Waals surface area contributed by atoms with E-state index in [1.807, 2.05) is 108 Å². The maximum Gasteiger partial charge on any atom is 0.248 e. The second-order valence-corrected chi connectivity index (χ2v) is 19.0. The minimum atomic E-state index is -3.46. The van der Waals surface area contributed by atoms with Gasteiger partial charge in [0.2, 0.25) is 33.6 Å². The zero-order valence-corrected chi connectivity index (χ0v) is 37.2. The highest BCUT2D eigenvalue weighted by atomic mass is 32.2. The molecule has 5 N–H and O–H groups in total. The minimum Gasteiger partial charge on any atom is -0.491 e. The highest BCUT2D eigenvalue weighted by molar-refractivity contribution is 7.88. The van der Waals surface area contributed by atoms with Crippen molar-refractivity contribution < 1.29 is 36.9 Å². The summed E-state index contributed by atoms with van der Waals surface area (Å²) in [5.41, 5.74) is 14.6. The summed E-state index contributed by atoms with van der Waals surface area (Å²) in [6, 6.07) is 23.6. The number of fused-ring (bicyclic) bond motifs is 2. The average molecular weight is 865 g/mol. The summed E-state index contributed by atoms with van der Waals surface area (Å²) in [5, 5.41) is 36.5. The third-order valence-electron chi connectivity index (χ3n) is 11.2. The van der Waals surface area contributed by atoms with Crippen LogP contribution in [0.1, 0.15) is 73.9 Å². The smallest absolute Gasteiger partial charge is 0.248 e. The molecule has 62 heavy (non-hydrogen) atoms. The number of rotatable bonds is 12. The Labute approximate surface area is 363 Å². The van der Waals surface area contributed by atoms with Gasteiger partial charge >= 0.3 is 0 Å². The Morgan fingerprint density at radius 1 is 0.645 bits per heavy atom. The van der Waals surface area contributed by atoms with Crippen LogP contribution in [0.3, 0.4) is 0 Å². The van der Waals surface area contributed by atoms with Crippen molar-refractivity contribution in [2.24, 2.45) is 5.73 Å². The molecule has 0 aliphatic heterocycles. The fraction of sp³-hybridized carbons (Fsp3) is 0.404. The molecule has 2 aliphatic carbocycles. The molecule has 14 nitrogen and oxygen atoms in total. The van der Waals surface area contributed by atoms with Crippen LogP contribution < -0.4 is 19.9 Å². The molecule has 15 heteroatoms. The minimum absolute atomic E-state index is 0.0166. The van der Waals surface area contributed by atoms with E-state index < -0.39 is 21.1 Å². The summed E-state index contributed by atoms with van der Waals surface area (Å²) in [7, 11) is -3.46. The summed E-state index contributed by atoms with van der Waals surface area (Å²) in [5.74, 6) is 3.40. The van der Waals surface area contributed by atoms with Crippen LogP contribution in [0.25, 0.3) is 45.8 Å². The second-order valence-electron chi connectivity index (χ2n) is 17.3. The number of aryl methyl sites for hydroxylation is 4. The van der Waals surface area contributed by atoms with Gasteiger partial charge in [0.15, 0.2) is 0 Å². The van der Waals surface area contributed by atoms with Gasteiger partial charge in [0.05, 0.1) is 37.2 Å². The molecular weight excluding hydrogens is 809 g/mol. The first kappa shape index (κ1) is 44.6. The molecule has 0 fully saturated rings. The van der Waals surface area contributed by atoms with Crippen LogP contribution in [0.5, 0.6) is 11.5 Å². The predicted octanol–water partition coefficient (Wildman–Crippen LogP) is 6.95. The van der Waals surface area contributed by atoms with Gasteiger partial charge in [-0.15, -0.1) is 20.4 Å². The number of aliphatic hydroxyl groups excluding tert-OH is 2. The number of hydrogen-bond donors (Lipinski definition) is 4. The Balaban J connectivity index is 0.000000188. The standard InChI is InChI=1S/C24H29N3O5S.C23H27N3O3/c1-15(2)31-21-8-7-18(11-16(21)3)22-25-26-23(32-22)19-6-5-17-9-10-24(14-28,13-20(17)12-19)27-33(4,29)30;1-14(2)28-20-7-6-17(10-15(20)3)21-25-26-22(29-21)18-5-4-16-8-9-23(24,13-27)12-19(16)11-18/h5-8,11-12,15,27-28H,9-10,13-14H2,1-4H3;4-7,10-11,14,27H,8-9,12-13,24H2,1-3H3. The van der Waals surface area contributed by atoms with Crippen LogP contribution in [0.2, 0.25) is 0 Å². The quantitative estimate of drug-likeness (QED) is 0.0984. The first-order valence-corrected chi connectivity index (χ1v) is 22.8. The highest BCUT2D eigenvalue weighted by Gasteiger charge is 2.37. The number of sulfonamides is 1. The zero-order chi connectivity index (χ0) is 44.4. The van der Waals surface area contributed by atoms with E-state index in [9.17, 15) is 18.6 Å². The van der Waals surface area contributed by atoms with E-state index in [0.717, 1.165) is 80.7 Å². The number of benzene rings is 4. The molecule has 0 saturated heterocycles. The number of nitrogens with one attached hydrogen (secondary N) is 1. The molecule has 8 rings (SSSR count). The fourth-order valence-corrected chi connectivity index (χ4v) is 9.07. The summed E-state index contributed by atoms with van der Waals surface area (Å²) < 4.78 is 49.8. The maximum atomic E-state index is 11.8. The van der Waals surface area contributed by atoms with Gasteiger partial charge in [-0.05, 0) is 174 Å². The van der Waals surface area contributed by atoms with Crippen molar-refractivity contribution >= 4 is 10.0 Å². The SMILES string of the molecule is Cc1cc(-c2nnc(-c3ccc4c(c3)CC(CO)(NS(C)(=O)=O)CC4)o2)ccc1OC(C)C.Cc1cc(-c2nnc(-c3ccc4c(c3)CC(N)(CO)CC4)o2)ccc1OC(C)C. The summed E-state index contributed by atoms with van der Waals surface area (Å²) >= 11 is 0. The summed E-state index contributed by atoms with van der Waals surface area (Å²) in [6.45, 7) is 11.7. The van der Waals surface area contributed by atoms with E-state index in [1.54, 1.807) is 0 Å². The third kappa shape index (κ3) is 10.4. The molecule has 0 bridgehead atoms. The van der Waals surface area contributed by atoms with Crippen molar-refractivity contribution in [2.75, 3.05) is 19.5 Å². The van der Waals surface area contributed by atoms with Crippen molar-refractivity contribution in [1.29, 1.82) is 0 Å². The van der Waals surface area contributed by atoms with Gasteiger partial charge in [-0.3, -0.25) is 0 Å². The molecule has 2 unspecified atom stereocenters. The molecule has 328 valence electrons. The van der Waals surface area contributed by atoms with Crippen LogP contribution in [-0.4, -0.2) is 81.8 Å². The molecule has 2 atom stereocenters. The third-order valence-corrected chi connectivity index (χ3v) is 12.0. The largest absolute Gasteiger partial charge is 0.491 e. The van der Waals surface area contributed by atoms with Gasteiger partial charge in [-0.2, -0.15) is 0 Å². The maximum absolute atomic E-state index is 11.8. The van der Waals surface area contributed by atoms with Crippen LogP contribution in [0.4, 0.5) is 0 Å². The van der Waals surface area contributed by atoms with Crippen molar-refractivity contribution in [3.63, 3.8) is 0 Å². The number of hydrogen-bond acceptors (Lipinski definition) is 13. The first-order valence-electron chi connectivity index (χ1n) is 20.9. The molecule has 4 aromatic carbocycles. The number of nitrogens with two attached hydrogens (primary N) is 1.